The lowest BCUT2D eigenvalue weighted by Crippen LogP contribution is -2.45. The maximum absolute atomic E-state index is 11.7. The smallest absolute Gasteiger partial charge is 0.329 e. The van der Waals surface area contributed by atoms with Gasteiger partial charge < -0.3 is 14.8 Å². The molecule has 0 spiro atoms. The third kappa shape index (κ3) is 4.88. The molecule has 0 fully saturated rings. The van der Waals surface area contributed by atoms with Gasteiger partial charge in [0.15, 0.2) is 5.82 Å². The molecule has 0 aliphatic carbocycles. The monoisotopic (exact) mass is 282 g/mol. The molecule has 1 rings (SSSR count). The number of carbonyl (C=O) groups is 3. The van der Waals surface area contributed by atoms with Crippen molar-refractivity contribution in [2.75, 3.05) is 19.5 Å². The fraction of sp³-hybridized carbons (Fsp3) is 0.364. The Hall–Kier alpha value is -2.71. The largest absolute Gasteiger partial charge is 0.469 e. The Morgan fingerprint density at radius 3 is 2.55 bits per heavy atom. The summed E-state index contributed by atoms with van der Waals surface area (Å²) in [5.41, 5.74) is 0. The van der Waals surface area contributed by atoms with Crippen LogP contribution < -0.4 is 10.6 Å². The van der Waals surface area contributed by atoms with Crippen molar-refractivity contribution in [3.05, 3.63) is 18.6 Å². The molecule has 0 saturated carbocycles. The van der Waals surface area contributed by atoms with Crippen molar-refractivity contribution >= 4 is 23.8 Å². The minimum atomic E-state index is -1.15. The van der Waals surface area contributed by atoms with Crippen LogP contribution in [0, 0.1) is 0 Å². The first-order chi connectivity index (χ1) is 9.56. The number of anilines is 1. The van der Waals surface area contributed by atoms with Gasteiger partial charge in [0.25, 0.3) is 0 Å². The predicted molar refractivity (Wildman–Crippen MR) is 66.6 cm³/mol. The van der Waals surface area contributed by atoms with E-state index in [1.807, 2.05) is 0 Å². The van der Waals surface area contributed by atoms with Crippen LogP contribution in [0.2, 0.25) is 0 Å². The Morgan fingerprint density at radius 1 is 1.25 bits per heavy atom. The SMILES string of the molecule is COC(=O)CC(NC(=O)Nc1cnccn1)C(=O)OC. The number of hydrogen-bond donors (Lipinski definition) is 2. The molecule has 0 radical (unpaired) electrons. The van der Waals surface area contributed by atoms with Crippen molar-refractivity contribution in [3.8, 4) is 0 Å². The van der Waals surface area contributed by atoms with E-state index in [0.29, 0.717) is 0 Å². The highest BCUT2D eigenvalue weighted by molar-refractivity contribution is 5.93. The molecule has 9 nitrogen and oxygen atoms in total. The molecule has 1 aromatic rings. The van der Waals surface area contributed by atoms with Crippen molar-refractivity contribution in [2.45, 2.75) is 12.5 Å². The summed E-state index contributed by atoms with van der Waals surface area (Å²) >= 11 is 0. The summed E-state index contributed by atoms with van der Waals surface area (Å²) in [6.07, 6.45) is 3.82. The number of carbonyl (C=O) groups excluding carboxylic acids is 3. The summed E-state index contributed by atoms with van der Waals surface area (Å²) in [5, 5.41) is 4.65. The second-order valence-electron chi connectivity index (χ2n) is 3.55. The Morgan fingerprint density at radius 2 is 2.00 bits per heavy atom. The maximum atomic E-state index is 11.7. The van der Waals surface area contributed by atoms with Gasteiger partial charge in [0.05, 0.1) is 26.8 Å². The molecule has 0 bridgehead atoms. The van der Waals surface area contributed by atoms with Gasteiger partial charge in [-0.1, -0.05) is 0 Å². The Labute approximate surface area is 114 Å². The van der Waals surface area contributed by atoms with E-state index in [0.717, 1.165) is 7.11 Å². The van der Waals surface area contributed by atoms with E-state index in [1.165, 1.54) is 25.7 Å². The molecular formula is C11H14N4O5. The van der Waals surface area contributed by atoms with E-state index in [-0.39, 0.29) is 12.2 Å². The molecule has 9 heteroatoms. The first-order valence-corrected chi connectivity index (χ1v) is 5.55. The molecular weight excluding hydrogens is 268 g/mol. The normalized spacial score (nSPS) is 11.1. The molecule has 0 aliphatic heterocycles. The van der Waals surface area contributed by atoms with E-state index < -0.39 is 24.0 Å². The Kier molecular flexibility index (Phi) is 5.88. The van der Waals surface area contributed by atoms with E-state index >= 15 is 0 Å². The summed E-state index contributed by atoms with van der Waals surface area (Å²) in [4.78, 5) is 41.9. The van der Waals surface area contributed by atoms with Crippen LogP contribution in [-0.4, -0.2) is 48.2 Å². The number of ether oxygens (including phenoxy) is 2. The molecule has 1 heterocycles. The minimum Gasteiger partial charge on any atom is -0.469 e. The van der Waals surface area contributed by atoms with Crippen molar-refractivity contribution in [1.82, 2.24) is 15.3 Å². The number of amides is 2. The van der Waals surface area contributed by atoms with Gasteiger partial charge in [-0.05, 0) is 0 Å². The quantitative estimate of drug-likeness (QED) is 0.711. The molecule has 20 heavy (non-hydrogen) atoms. The fourth-order valence-electron chi connectivity index (χ4n) is 1.26. The van der Waals surface area contributed by atoms with E-state index in [1.54, 1.807) is 0 Å². The van der Waals surface area contributed by atoms with Crippen LogP contribution in [-0.2, 0) is 19.1 Å². The van der Waals surface area contributed by atoms with Gasteiger partial charge in [-0.2, -0.15) is 0 Å². The number of esters is 2. The molecule has 0 saturated heterocycles. The zero-order chi connectivity index (χ0) is 15.0. The maximum Gasteiger partial charge on any atom is 0.329 e. The van der Waals surface area contributed by atoms with Crippen LogP contribution in [0.25, 0.3) is 0 Å². The molecule has 108 valence electrons. The lowest BCUT2D eigenvalue weighted by Gasteiger charge is -2.15. The van der Waals surface area contributed by atoms with Crippen LogP contribution >= 0.6 is 0 Å². The number of urea groups is 1. The van der Waals surface area contributed by atoms with Crippen LogP contribution in [0.3, 0.4) is 0 Å². The highest BCUT2D eigenvalue weighted by atomic mass is 16.5. The number of hydrogen-bond acceptors (Lipinski definition) is 7. The highest BCUT2D eigenvalue weighted by Crippen LogP contribution is 2.00. The lowest BCUT2D eigenvalue weighted by atomic mass is 10.2. The standard InChI is InChI=1S/C11H14N4O5/c1-19-9(16)5-7(10(17)20-2)14-11(18)15-8-6-12-3-4-13-8/h3-4,6-7H,5H2,1-2H3,(H2,13,14,15,18). The first kappa shape index (κ1) is 15.3. The molecule has 1 aromatic heterocycles. The third-order valence-corrected chi connectivity index (χ3v) is 2.19. The second-order valence-corrected chi connectivity index (χ2v) is 3.55. The first-order valence-electron chi connectivity index (χ1n) is 5.55. The number of rotatable bonds is 5. The summed E-state index contributed by atoms with van der Waals surface area (Å²) in [5.74, 6) is -1.21. The van der Waals surface area contributed by atoms with E-state index in [4.69, 9.17) is 0 Å². The molecule has 0 aliphatic rings. The highest BCUT2D eigenvalue weighted by Gasteiger charge is 2.25. The summed E-state index contributed by atoms with van der Waals surface area (Å²) in [6, 6.07) is -1.87. The number of nitrogens with zero attached hydrogens (tertiary/aromatic N) is 2. The molecule has 2 N–H and O–H groups in total. The molecule has 1 unspecified atom stereocenters. The van der Waals surface area contributed by atoms with Crippen molar-refractivity contribution in [1.29, 1.82) is 0 Å². The zero-order valence-electron chi connectivity index (χ0n) is 11.0. The number of methoxy groups -OCH3 is 2. The molecule has 1 atom stereocenters. The second kappa shape index (κ2) is 7.67. The average Bonchev–Trinajstić information content (AvgIpc) is 2.46. The van der Waals surface area contributed by atoms with Gasteiger partial charge in [-0.15, -0.1) is 0 Å². The zero-order valence-corrected chi connectivity index (χ0v) is 11.0. The average molecular weight is 282 g/mol. The lowest BCUT2D eigenvalue weighted by molar-refractivity contribution is -0.149. The van der Waals surface area contributed by atoms with Crippen LogP contribution in [0.15, 0.2) is 18.6 Å². The fourth-order valence-corrected chi connectivity index (χ4v) is 1.26. The predicted octanol–water partition coefficient (Wildman–Crippen LogP) is -0.297. The number of aromatic nitrogens is 2. The topological polar surface area (TPSA) is 120 Å². The third-order valence-electron chi connectivity index (χ3n) is 2.19. The van der Waals surface area contributed by atoms with Crippen LogP contribution in [0.5, 0.6) is 0 Å². The van der Waals surface area contributed by atoms with Crippen LogP contribution in [0.1, 0.15) is 6.42 Å². The van der Waals surface area contributed by atoms with Crippen molar-refractivity contribution in [2.24, 2.45) is 0 Å². The van der Waals surface area contributed by atoms with E-state index in [2.05, 4.69) is 30.1 Å². The summed E-state index contributed by atoms with van der Waals surface area (Å²) in [6.45, 7) is 0. The van der Waals surface area contributed by atoms with Gasteiger partial charge in [-0.25, -0.2) is 14.6 Å². The summed E-state index contributed by atoms with van der Waals surface area (Å²) < 4.78 is 8.93. The van der Waals surface area contributed by atoms with Crippen LogP contribution in [0.4, 0.5) is 10.6 Å². The van der Waals surface area contributed by atoms with Gasteiger partial charge in [0.2, 0.25) is 0 Å². The Balaban J connectivity index is 2.62. The Bertz CT molecular complexity index is 479. The van der Waals surface area contributed by atoms with Crippen molar-refractivity contribution < 1.29 is 23.9 Å². The van der Waals surface area contributed by atoms with Gasteiger partial charge in [0.1, 0.15) is 6.04 Å². The molecule has 2 amide bonds. The van der Waals surface area contributed by atoms with E-state index in [9.17, 15) is 14.4 Å². The van der Waals surface area contributed by atoms with Crippen molar-refractivity contribution in [3.63, 3.8) is 0 Å². The van der Waals surface area contributed by atoms with Gasteiger partial charge in [-0.3, -0.25) is 15.1 Å². The van der Waals surface area contributed by atoms with Gasteiger partial charge in [0, 0.05) is 12.4 Å². The molecule has 0 aromatic carbocycles. The number of nitrogens with one attached hydrogen (secondary N) is 2. The summed E-state index contributed by atoms with van der Waals surface area (Å²) in [7, 11) is 2.32. The minimum absolute atomic E-state index is 0.201. The van der Waals surface area contributed by atoms with Gasteiger partial charge >= 0.3 is 18.0 Å².